The van der Waals surface area contributed by atoms with Gasteiger partial charge in [0.2, 0.25) is 0 Å². The van der Waals surface area contributed by atoms with E-state index in [1.807, 2.05) is 44.2 Å². The Morgan fingerprint density at radius 1 is 1.41 bits per heavy atom. The molecule has 1 radical (unpaired) electrons. The van der Waals surface area contributed by atoms with Gasteiger partial charge in [-0.3, -0.25) is 0 Å². The van der Waals surface area contributed by atoms with E-state index in [1.165, 1.54) is 0 Å². The summed E-state index contributed by atoms with van der Waals surface area (Å²) in [7, 11) is 0. The van der Waals surface area contributed by atoms with Crippen molar-refractivity contribution in [2.45, 2.75) is 30.4 Å². The summed E-state index contributed by atoms with van der Waals surface area (Å²) in [6, 6.07) is 9.20. The fourth-order valence-electron chi connectivity index (χ4n) is 2.14. The minimum atomic E-state index is -0.833. The standard InChI is InChI=1S/C13H15O3Se/c1-8-13(2,17)10(12(15)16-8)11(14)9-6-4-3-5-7-9/h3-8,10-11,14H,1-2H3. The van der Waals surface area contributed by atoms with Crippen molar-refractivity contribution in [2.24, 2.45) is 5.92 Å². The normalized spacial score (nSPS) is 34.5. The molecule has 1 aliphatic rings. The van der Waals surface area contributed by atoms with Crippen LogP contribution >= 0.6 is 0 Å². The number of esters is 1. The first kappa shape index (κ1) is 12.6. The number of carbonyl (C=O) groups is 1. The Hall–Kier alpha value is -0.831. The van der Waals surface area contributed by atoms with Crippen molar-refractivity contribution in [3.05, 3.63) is 35.9 Å². The Kier molecular flexibility index (Phi) is 3.30. The number of hydrogen-bond donors (Lipinski definition) is 1. The van der Waals surface area contributed by atoms with Crippen LogP contribution in [-0.2, 0) is 9.53 Å². The van der Waals surface area contributed by atoms with Gasteiger partial charge in [0, 0.05) is 0 Å². The molecule has 4 heteroatoms. The molecule has 1 N–H and O–H groups in total. The summed E-state index contributed by atoms with van der Waals surface area (Å²) in [6.07, 6.45) is -1.06. The second kappa shape index (κ2) is 4.45. The van der Waals surface area contributed by atoms with E-state index >= 15 is 0 Å². The predicted molar refractivity (Wildman–Crippen MR) is 64.6 cm³/mol. The van der Waals surface area contributed by atoms with Crippen molar-refractivity contribution < 1.29 is 14.6 Å². The van der Waals surface area contributed by atoms with Gasteiger partial charge in [-0.05, 0) is 0 Å². The quantitative estimate of drug-likeness (QED) is 0.667. The monoisotopic (exact) mass is 299 g/mol. The van der Waals surface area contributed by atoms with Crippen molar-refractivity contribution >= 4 is 22.0 Å². The molecule has 0 saturated carbocycles. The zero-order valence-corrected chi connectivity index (χ0v) is 11.5. The minimum absolute atomic E-state index is 0.224. The average Bonchev–Trinajstić information content (AvgIpc) is 2.49. The third-order valence-electron chi connectivity index (χ3n) is 3.43. The van der Waals surface area contributed by atoms with E-state index in [0.717, 1.165) is 5.56 Å². The van der Waals surface area contributed by atoms with Gasteiger partial charge in [0.05, 0.1) is 0 Å². The molecule has 17 heavy (non-hydrogen) atoms. The van der Waals surface area contributed by atoms with Crippen LogP contribution in [0.25, 0.3) is 0 Å². The van der Waals surface area contributed by atoms with Crippen molar-refractivity contribution in [1.82, 2.24) is 0 Å². The fraction of sp³-hybridized carbons (Fsp3) is 0.462. The molecule has 1 saturated heterocycles. The van der Waals surface area contributed by atoms with Crippen molar-refractivity contribution in [3.8, 4) is 0 Å². The summed E-state index contributed by atoms with van der Waals surface area (Å²) >= 11 is 2.99. The Morgan fingerprint density at radius 2 is 2.00 bits per heavy atom. The summed E-state index contributed by atoms with van der Waals surface area (Å²) in [5, 5.41) is 10.3. The van der Waals surface area contributed by atoms with E-state index < -0.39 is 16.3 Å². The molecule has 1 aliphatic heterocycles. The van der Waals surface area contributed by atoms with E-state index in [-0.39, 0.29) is 12.1 Å². The number of hydrogen-bond acceptors (Lipinski definition) is 3. The molecule has 1 aromatic carbocycles. The van der Waals surface area contributed by atoms with Crippen LogP contribution in [0.4, 0.5) is 0 Å². The maximum absolute atomic E-state index is 11.8. The Morgan fingerprint density at radius 3 is 2.47 bits per heavy atom. The van der Waals surface area contributed by atoms with Gasteiger partial charge in [0.1, 0.15) is 0 Å². The summed E-state index contributed by atoms with van der Waals surface area (Å²) < 4.78 is 4.72. The molecular formula is C13H15O3Se. The number of cyclic esters (lactones) is 1. The van der Waals surface area contributed by atoms with Gasteiger partial charge < -0.3 is 0 Å². The first-order valence-electron chi connectivity index (χ1n) is 5.58. The summed E-state index contributed by atoms with van der Waals surface area (Å²) in [5.74, 6) is -0.894. The molecule has 1 heterocycles. The zero-order chi connectivity index (χ0) is 12.6. The molecule has 1 aromatic rings. The van der Waals surface area contributed by atoms with Crippen LogP contribution in [0.15, 0.2) is 30.3 Å². The SMILES string of the molecule is CC1OC(=O)C(C(O)c2ccccc2)C1(C)[Se]. The molecule has 4 atom stereocenters. The van der Waals surface area contributed by atoms with Crippen LogP contribution in [0, 0.1) is 5.92 Å². The molecule has 0 aromatic heterocycles. The van der Waals surface area contributed by atoms with E-state index in [9.17, 15) is 9.90 Å². The molecular weight excluding hydrogens is 283 g/mol. The van der Waals surface area contributed by atoms with Crippen molar-refractivity contribution in [1.29, 1.82) is 0 Å². The van der Waals surface area contributed by atoms with E-state index in [4.69, 9.17) is 4.74 Å². The van der Waals surface area contributed by atoms with Gasteiger partial charge in [-0.2, -0.15) is 0 Å². The molecule has 0 aliphatic carbocycles. The maximum atomic E-state index is 11.8. The molecule has 2 rings (SSSR count). The predicted octanol–water partition coefficient (Wildman–Crippen LogP) is 1.63. The van der Waals surface area contributed by atoms with Gasteiger partial charge in [-0.25, -0.2) is 0 Å². The van der Waals surface area contributed by atoms with Gasteiger partial charge in [-0.15, -0.1) is 0 Å². The molecule has 1 fully saturated rings. The number of benzene rings is 1. The van der Waals surface area contributed by atoms with Gasteiger partial charge in [0.15, 0.2) is 0 Å². The summed E-state index contributed by atoms with van der Waals surface area (Å²) in [6.45, 7) is 3.74. The molecule has 0 amide bonds. The van der Waals surface area contributed by atoms with Crippen LogP contribution in [-0.4, -0.2) is 33.2 Å². The third kappa shape index (κ3) is 2.13. The number of carbonyl (C=O) groups excluding carboxylic acids is 1. The Balaban J connectivity index is 2.31. The van der Waals surface area contributed by atoms with Crippen LogP contribution in [0.5, 0.6) is 0 Å². The number of ether oxygens (including phenoxy) is 1. The van der Waals surface area contributed by atoms with Crippen molar-refractivity contribution in [2.75, 3.05) is 0 Å². The van der Waals surface area contributed by atoms with Crippen LogP contribution < -0.4 is 0 Å². The third-order valence-corrected chi connectivity index (χ3v) is 4.66. The number of aliphatic hydroxyl groups excluding tert-OH is 1. The first-order valence-corrected chi connectivity index (χ1v) is 6.44. The van der Waals surface area contributed by atoms with Crippen LogP contribution in [0.3, 0.4) is 0 Å². The molecule has 0 bridgehead atoms. The number of rotatable bonds is 2. The van der Waals surface area contributed by atoms with E-state index in [2.05, 4.69) is 16.0 Å². The first-order chi connectivity index (χ1) is 7.94. The fourth-order valence-corrected chi connectivity index (χ4v) is 2.71. The van der Waals surface area contributed by atoms with Gasteiger partial charge in [-0.1, -0.05) is 0 Å². The number of aliphatic hydroxyl groups is 1. The molecule has 4 unspecified atom stereocenters. The average molecular weight is 298 g/mol. The van der Waals surface area contributed by atoms with Crippen molar-refractivity contribution in [3.63, 3.8) is 0 Å². The van der Waals surface area contributed by atoms with E-state index in [0.29, 0.717) is 0 Å². The van der Waals surface area contributed by atoms with Crippen LogP contribution in [0.2, 0.25) is 4.31 Å². The van der Waals surface area contributed by atoms with Crippen LogP contribution in [0.1, 0.15) is 25.5 Å². The second-order valence-electron chi connectivity index (χ2n) is 4.60. The zero-order valence-electron chi connectivity index (χ0n) is 9.79. The molecule has 3 nitrogen and oxygen atoms in total. The molecule has 0 spiro atoms. The topological polar surface area (TPSA) is 46.5 Å². The summed E-state index contributed by atoms with van der Waals surface area (Å²) in [4.78, 5) is 11.8. The molecule has 91 valence electrons. The van der Waals surface area contributed by atoms with Gasteiger partial charge >= 0.3 is 109 Å². The second-order valence-corrected chi connectivity index (χ2v) is 6.44. The van der Waals surface area contributed by atoms with E-state index in [1.54, 1.807) is 0 Å². The Labute approximate surface area is 109 Å². The Bertz CT molecular complexity index is 416. The summed E-state index contributed by atoms with van der Waals surface area (Å²) in [5.41, 5.74) is 0.741. The van der Waals surface area contributed by atoms with Gasteiger partial charge in [0.25, 0.3) is 0 Å².